The first-order chi connectivity index (χ1) is 12.9. The number of rotatable bonds is 5. The molecule has 1 fully saturated rings. The molecule has 0 bridgehead atoms. The van der Waals surface area contributed by atoms with Gasteiger partial charge < -0.3 is 9.84 Å². The molecule has 1 aliphatic rings. The van der Waals surface area contributed by atoms with Crippen LogP contribution in [0.1, 0.15) is 19.4 Å². The molecule has 0 amide bonds. The SMILES string of the molecule is CC1(C)C(C(=O)OC(F)(F)c2ccc(F)c(F)c2F)C1C(O)C(Cl)(Cl)C(F)(F)F. The summed E-state index contributed by atoms with van der Waals surface area (Å²) in [6.07, 6.45) is -12.7. The fourth-order valence-corrected chi connectivity index (χ4v) is 3.38. The molecule has 3 unspecified atom stereocenters. The molecule has 2 rings (SSSR count). The molecule has 164 valence electrons. The van der Waals surface area contributed by atoms with Crippen molar-refractivity contribution in [1.82, 2.24) is 0 Å². The number of carbonyl (C=O) groups is 1. The maximum absolute atomic E-state index is 14.1. The van der Waals surface area contributed by atoms with E-state index in [9.17, 15) is 45.0 Å². The van der Waals surface area contributed by atoms with E-state index in [0.717, 1.165) is 13.8 Å². The van der Waals surface area contributed by atoms with Crippen LogP contribution < -0.4 is 0 Å². The van der Waals surface area contributed by atoms with Gasteiger partial charge in [0.15, 0.2) is 17.5 Å². The Kier molecular flexibility index (Phi) is 5.88. The van der Waals surface area contributed by atoms with E-state index in [4.69, 9.17) is 23.2 Å². The summed E-state index contributed by atoms with van der Waals surface area (Å²) in [7, 11) is 0. The zero-order valence-electron chi connectivity index (χ0n) is 14.4. The van der Waals surface area contributed by atoms with Crippen molar-refractivity contribution in [2.45, 2.75) is 36.6 Å². The molecule has 3 atom stereocenters. The fourth-order valence-electron chi connectivity index (χ4n) is 3.11. The summed E-state index contributed by atoms with van der Waals surface area (Å²) in [5.74, 6) is -11.5. The minimum absolute atomic E-state index is 0.137. The Morgan fingerprint density at radius 3 is 2.10 bits per heavy atom. The van der Waals surface area contributed by atoms with Crippen LogP contribution >= 0.6 is 23.2 Å². The first-order valence-corrected chi connectivity index (χ1v) is 8.50. The zero-order valence-corrected chi connectivity index (χ0v) is 15.9. The largest absolute Gasteiger partial charge is 0.431 e. The molecular formula is C16H12Cl2F8O3. The summed E-state index contributed by atoms with van der Waals surface area (Å²) in [6.45, 7) is 2.31. The predicted molar refractivity (Wildman–Crippen MR) is 83.6 cm³/mol. The van der Waals surface area contributed by atoms with Crippen LogP contribution in [0.15, 0.2) is 12.1 Å². The number of aliphatic hydroxyl groups is 1. The normalized spacial score (nSPS) is 22.9. The van der Waals surface area contributed by atoms with E-state index < -0.39 is 69.0 Å². The third-order valence-electron chi connectivity index (χ3n) is 4.83. The smallest absolute Gasteiger partial charge is 0.397 e. The van der Waals surface area contributed by atoms with Gasteiger partial charge in [0.05, 0.1) is 5.92 Å². The number of benzene rings is 1. The lowest BCUT2D eigenvalue weighted by Gasteiger charge is -2.29. The van der Waals surface area contributed by atoms with Crippen LogP contribution in [0.5, 0.6) is 0 Å². The second kappa shape index (κ2) is 7.12. The van der Waals surface area contributed by atoms with Gasteiger partial charge in [-0.2, -0.15) is 22.0 Å². The minimum Gasteiger partial charge on any atom is -0.397 e. The summed E-state index contributed by atoms with van der Waals surface area (Å²) in [5, 5.41) is 9.90. The average Bonchev–Trinajstić information content (AvgIpc) is 3.12. The Hall–Kier alpha value is -1.33. The van der Waals surface area contributed by atoms with Crippen LogP contribution in [0, 0.1) is 34.7 Å². The molecule has 0 saturated heterocycles. The lowest BCUT2D eigenvalue weighted by molar-refractivity contribution is -0.244. The number of hydrogen-bond donors (Lipinski definition) is 1. The van der Waals surface area contributed by atoms with Gasteiger partial charge in [0, 0.05) is 5.92 Å². The maximum atomic E-state index is 14.1. The number of esters is 1. The molecule has 1 aromatic rings. The Labute approximate surface area is 168 Å². The number of carbonyl (C=O) groups excluding carboxylic acids is 1. The molecule has 0 spiro atoms. The van der Waals surface area contributed by atoms with E-state index in [2.05, 4.69) is 4.74 Å². The average molecular weight is 475 g/mol. The number of ether oxygens (including phenoxy) is 1. The van der Waals surface area contributed by atoms with Crippen molar-refractivity contribution in [3.8, 4) is 0 Å². The summed E-state index contributed by atoms with van der Waals surface area (Å²) >= 11 is 10.3. The van der Waals surface area contributed by atoms with E-state index in [1.807, 2.05) is 0 Å². The second-order valence-electron chi connectivity index (χ2n) is 7.05. The van der Waals surface area contributed by atoms with E-state index in [0.29, 0.717) is 0 Å². The number of alkyl halides is 7. The van der Waals surface area contributed by atoms with Crippen molar-refractivity contribution in [3.05, 3.63) is 35.1 Å². The number of halogens is 10. The standard InChI is InChI=1S/C16H12Cl2F8O3/c1-13(2)7(11(27)14(17,18)16(24,25)26)8(13)12(28)29-15(22,23)5-3-4-6(19)10(21)9(5)20/h3-4,7-8,11,27H,1-2H3. The van der Waals surface area contributed by atoms with E-state index in [-0.39, 0.29) is 12.1 Å². The van der Waals surface area contributed by atoms with Crippen molar-refractivity contribution in [3.63, 3.8) is 0 Å². The Bertz CT molecular complexity index is 825. The van der Waals surface area contributed by atoms with Crippen molar-refractivity contribution >= 4 is 29.2 Å². The fraction of sp³-hybridized carbons (Fsp3) is 0.562. The molecule has 0 aliphatic heterocycles. The van der Waals surface area contributed by atoms with Crippen molar-refractivity contribution in [1.29, 1.82) is 0 Å². The summed E-state index contributed by atoms with van der Waals surface area (Å²) in [4.78, 5) is 12.1. The molecule has 1 aromatic carbocycles. The highest BCUT2D eigenvalue weighted by atomic mass is 35.5. The number of aliphatic hydroxyl groups excluding tert-OH is 1. The first-order valence-electron chi connectivity index (χ1n) is 7.74. The molecule has 0 aromatic heterocycles. The van der Waals surface area contributed by atoms with Crippen LogP contribution in [0.2, 0.25) is 0 Å². The number of hydrogen-bond acceptors (Lipinski definition) is 3. The summed E-state index contributed by atoms with van der Waals surface area (Å²) < 4.78 is 107. The lowest BCUT2D eigenvalue weighted by atomic mass is 10.0. The monoisotopic (exact) mass is 474 g/mol. The third kappa shape index (κ3) is 4.00. The Morgan fingerprint density at radius 1 is 1.10 bits per heavy atom. The Balaban J connectivity index is 2.26. The molecule has 1 aliphatic carbocycles. The third-order valence-corrected chi connectivity index (χ3v) is 5.71. The van der Waals surface area contributed by atoms with E-state index >= 15 is 0 Å². The molecule has 1 saturated carbocycles. The zero-order chi connectivity index (χ0) is 22.7. The van der Waals surface area contributed by atoms with Gasteiger partial charge in [-0.15, -0.1) is 0 Å². The lowest BCUT2D eigenvalue weighted by Crippen LogP contribution is -2.47. The highest BCUT2D eigenvalue weighted by Crippen LogP contribution is 2.64. The first kappa shape index (κ1) is 23.9. The van der Waals surface area contributed by atoms with Crippen LogP contribution in [-0.2, 0) is 15.6 Å². The molecule has 1 N–H and O–H groups in total. The van der Waals surface area contributed by atoms with Gasteiger partial charge in [0.1, 0.15) is 11.7 Å². The highest BCUT2D eigenvalue weighted by molar-refractivity contribution is 6.49. The van der Waals surface area contributed by atoms with Crippen LogP contribution in [-0.4, -0.2) is 27.7 Å². The minimum atomic E-state index is -5.32. The molecule has 29 heavy (non-hydrogen) atoms. The van der Waals surface area contributed by atoms with Gasteiger partial charge in [-0.1, -0.05) is 37.0 Å². The van der Waals surface area contributed by atoms with Crippen LogP contribution in [0.3, 0.4) is 0 Å². The van der Waals surface area contributed by atoms with Gasteiger partial charge in [-0.25, -0.2) is 13.2 Å². The maximum Gasteiger partial charge on any atom is 0.431 e. The van der Waals surface area contributed by atoms with Crippen LogP contribution in [0.4, 0.5) is 35.1 Å². The van der Waals surface area contributed by atoms with E-state index in [1.165, 1.54) is 0 Å². The Morgan fingerprint density at radius 2 is 1.62 bits per heavy atom. The predicted octanol–water partition coefficient (Wildman–Crippen LogP) is 5.07. The molecule has 13 heteroatoms. The summed E-state index contributed by atoms with van der Waals surface area (Å²) in [6, 6.07) is 0.305. The summed E-state index contributed by atoms with van der Waals surface area (Å²) in [5.41, 5.74) is -3.31. The van der Waals surface area contributed by atoms with Gasteiger partial charge in [-0.05, 0) is 17.5 Å². The molecule has 0 radical (unpaired) electrons. The quantitative estimate of drug-likeness (QED) is 0.280. The van der Waals surface area contributed by atoms with Gasteiger partial charge >= 0.3 is 18.3 Å². The van der Waals surface area contributed by atoms with Gasteiger partial charge in [-0.3, -0.25) is 4.79 Å². The molecule has 0 heterocycles. The van der Waals surface area contributed by atoms with Crippen molar-refractivity contribution in [2.75, 3.05) is 0 Å². The topological polar surface area (TPSA) is 46.5 Å². The molecular weight excluding hydrogens is 463 g/mol. The highest BCUT2D eigenvalue weighted by Gasteiger charge is 2.73. The second-order valence-corrected chi connectivity index (χ2v) is 8.44. The van der Waals surface area contributed by atoms with E-state index in [1.54, 1.807) is 0 Å². The molecule has 3 nitrogen and oxygen atoms in total. The van der Waals surface area contributed by atoms with Gasteiger partial charge in [0.25, 0.3) is 0 Å². The van der Waals surface area contributed by atoms with Crippen LogP contribution in [0.25, 0.3) is 0 Å². The van der Waals surface area contributed by atoms with Gasteiger partial charge in [0.2, 0.25) is 4.33 Å². The van der Waals surface area contributed by atoms with Crippen molar-refractivity contribution in [2.24, 2.45) is 17.3 Å². The van der Waals surface area contributed by atoms with Crippen molar-refractivity contribution < 1.29 is 49.8 Å².